The highest BCUT2D eigenvalue weighted by molar-refractivity contribution is 5.96. The van der Waals surface area contributed by atoms with Crippen LogP contribution in [0.5, 0.6) is 0 Å². The number of benzene rings is 1. The van der Waals surface area contributed by atoms with E-state index in [-0.39, 0.29) is 24.0 Å². The maximum atomic E-state index is 12.4. The van der Waals surface area contributed by atoms with Gasteiger partial charge in [0.15, 0.2) is 5.76 Å². The molecule has 0 saturated heterocycles. The van der Waals surface area contributed by atoms with Crippen molar-refractivity contribution in [3.8, 4) is 0 Å². The highest BCUT2D eigenvalue weighted by Crippen LogP contribution is 2.37. The van der Waals surface area contributed by atoms with Crippen molar-refractivity contribution < 1.29 is 14.3 Å². The number of aryl methyl sites for hydroxylation is 1. The third kappa shape index (κ3) is 2.56. The molecule has 2 N–H and O–H groups in total. The number of amides is 1. The van der Waals surface area contributed by atoms with Crippen molar-refractivity contribution in [1.82, 2.24) is 5.32 Å². The lowest BCUT2D eigenvalue weighted by Crippen LogP contribution is -2.44. The fourth-order valence-electron chi connectivity index (χ4n) is 3.17. The van der Waals surface area contributed by atoms with Crippen molar-refractivity contribution in [1.29, 1.82) is 0 Å². The second-order valence-electron chi connectivity index (χ2n) is 6.38. The Morgan fingerprint density at radius 2 is 2.29 bits per heavy atom. The maximum Gasteiger partial charge on any atom is 0.287 e. The molecule has 0 bridgehead atoms. The van der Waals surface area contributed by atoms with Gasteiger partial charge in [0, 0.05) is 16.8 Å². The Kier molecular flexibility index (Phi) is 3.49. The summed E-state index contributed by atoms with van der Waals surface area (Å²) in [6, 6.07) is 7.64. The molecule has 3 rings (SSSR count). The van der Waals surface area contributed by atoms with Crippen molar-refractivity contribution >= 4 is 16.9 Å². The summed E-state index contributed by atoms with van der Waals surface area (Å²) in [6.07, 6.45) is 2.87. The highest BCUT2D eigenvalue weighted by atomic mass is 16.3. The average Bonchev–Trinajstić information content (AvgIpc) is 3.03. The lowest BCUT2D eigenvalue weighted by Gasteiger charge is -2.29. The van der Waals surface area contributed by atoms with Gasteiger partial charge in [-0.05, 0) is 38.0 Å². The van der Waals surface area contributed by atoms with Gasteiger partial charge in [-0.15, -0.1) is 0 Å². The third-order valence-electron chi connectivity index (χ3n) is 4.64. The molecule has 1 aromatic heterocycles. The first kappa shape index (κ1) is 14.1. The number of hydrogen-bond donors (Lipinski definition) is 2. The van der Waals surface area contributed by atoms with E-state index < -0.39 is 0 Å². The molecule has 1 aromatic carbocycles. The van der Waals surface area contributed by atoms with E-state index >= 15 is 0 Å². The predicted molar refractivity (Wildman–Crippen MR) is 81.2 cm³/mol. The predicted octanol–water partition coefficient (Wildman–Crippen LogP) is 3.02. The van der Waals surface area contributed by atoms with Crippen LogP contribution in [0.25, 0.3) is 11.0 Å². The van der Waals surface area contributed by atoms with Crippen LogP contribution in [0.15, 0.2) is 28.7 Å². The lowest BCUT2D eigenvalue weighted by molar-refractivity contribution is 0.0807. The number of nitrogens with one attached hydrogen (secondary N) is 1. The van der Waals surface area contributed by atoms with E-state index in [1.807, 2.05) is 32.0 Å². The smallest absolute Gasteiger partial charge is 0.287 e. The first-order valence-corrected chi connectivity index (χ1v) is 7.44. The Bertz CT molecular complexity index is 676. The Morgan fingerprint density at radius 3 is 3.05 bits per heavy atom. The highest BCUT2D eigenvalue weighted by Gasteiger charge is 2.39. The van der Waals surface area contributed by atoms with Crippen LogP contribution in [0, 0.1) is 12.3 Å². The minimum absolute atomic E-state index is 0.00458. The molecule has 1 fully saturated rings. The minimum atomic E-state index is -0.224. The molecule has 1 heterocycles. The first-order valence-electron chi connectivity index (χ1n) is 7.44. The molecule has 21 heavy (non-hydrogen) atoms. The number of rotatable bonds is 3. The normalized spacial score (nSPS) is 25.4. The van der Waals surface area contributed by atoms with Crippen LogP contribution >= 0.6 is 0 Å². The van der Waals surface area contributed by atoms with E-state index in [0.29, 0.717) is 5.76 Å². The Hall–Kier alpha value is -1.81. The van der Waals surface area contributed by atoms with Gasteiger partial charge in [0.2, 0.25) is 0 Å². The van der Waals surface area contributed by atoms with Crippen LogP contribution in [0.3, 0.4) is 0 Å². The van der Waals surface area contributed by atoms with Gasteiger partial charge in [-0.1, -0.05) is 25.0 Å². The van der Waals surface area contributed by atoms with Gasteiger partial charge in [0.25, 0.3) is 5.91 Å². The Labute approximate surface area is 124 Å². The summed E-state index contributed by atoms with van der Waals surface area (Å²) in [4.78, 5) is 12.4. The van der Waals surface area contributed by atoms with Gasteiger partial charge in [0.1, 0.15) is 5.58 Å². The van der Waals surface area contributed by atoms with E-state index in [9.17, 15) is 9.90 Å². The molecule has 4 nitrogen and oxygen atoms in total. The average molecular weight is 287 g/mol. The molecule has 1 aliphatic rings. The van der Waals surface area contributed by atoms with E-state index in [1.165, 1.54) is 0 Å². The fourth-order valence-corrected chi connectivity index (χ4v) is 3.17. The fraction of sp³-hybridized carbons (Fsp3) is 0.471. The molecule has 2 unspecified atom stereocenters. The van der Waals surface area contributed by atoms with Crippen LogP contribution in [-0.2, 0) is 0 Å². The number of aliphatic hydroxyl groups is 1. The number of aliphatic hydroxyl groups excluding tert-OH is 1. The van der Waals surface area contributed by atoms with Crippen LogP contribution in [0.2, 0.25) is 0 Å². The topological polar surface area (TPSA) is 62.5 Å². The molecular formula is C17H21NO3. The van der Waals surface area contributed by atoms with E-state index in [0.717, 1.165) is 35.8 Å². The molecule has 0 spiro atoms. The minimum Gasteiger partial charge on any atom is -0.451 e. The Balaban J connectivity index is 1.81. The first-order chi connectivity index (χ1) is 10.0. The third-order valence-corrected chi connectivity index (χ3v) is 4.64. The summed E-state index contributed by atoms with van der Waals surface area (Å²) in [7, 11) is 0. The van der Waals surface area contributed by atoms with Crippen LogP contribution in [-0.4, -0.2) is 23.7 Å². The number of carbonyl (C=O) groups excluding carboxylic acids is 1. The quantitative estimate of drug-likeness (QED) is 0.912. The second kappa shape index (κ2) is 5.19. The SMILES string of the molecule is Cc1ccc2oc(C(=O)NC3CCCC3(C)CO)cc2c1. The number of hydrogen-bond acceptors (Lipinski definition) is 3. The molecular weight excluding hydrogens is 266 g/mol. The second-order valence-corrected chi connectivity index (χ2v) is 6.38. The zero-order valence-corrected chi connectivity index (χ0v) is 12.5. The van der Waals surface area contributed by atoms with Crippen LogP contribution in [0.1, 0.15) is 42.3 Å². The number of furan rings is 1. The van der Waals surface area contributed by atoms with Gasteiger partial charge < -0.3 is 14.8 Å². The summed E-state index contributed by atoms with van der Waals surface area (Å²) >= 11 is 0. The molecule has 2 aromatic rings. The van der Waals surface area contributed by atoms with Gasteiger partial charge >= 0.3 is 0 Å². The number of carbonyl (C=O) groups is 1. The lowest BCUT2D eigenvalue weighted by atomic mass is 9.86. The molecule has 2 atom stereocenters. The van der Waals surface area contributed by atoms with E-state index in [1.54, 1.807) is 6.07 Å². The molecule has 1 saturated carbocycles. The number of fused-ring (bicyclic) bond motifs is 1. The Morgan fingerprint density at radius 1 is 1.48 bits per heavy atom. The maximum absolute atomic E-state index is 12.4. The largest absolute Gasteiger partial charge is 0.451 e. The zero-order chi connectivity index (χ0) is 15.0. The molecule has 1 amide bonds. The van der Waals surface area contributed by atoms with Crippen molar-refractivity contribution in [3.63, 3.8) is 0 Å². The van der Waals surface area contributed by atoms with Gasteiger partial charge in [-0.25, -0.2) is 0 Å². The molecule has 0 aliphatic heterocycles. The van der Waals surface area contributed by atoms with Gasteiger partial charge in [0.05, 0.1) is 6.61 Å². The summed E-state index contributed by atoms with van der Waals surface area (Å²) in [6.45, 7) is 4.13. The van der Waals surface area contributed by atoms with Crippen molar-refractivity contribution in [2.24, 2.45) is 5.41 Å². The standard InChI is InChI=1S/C17H21NO3/c1-11-5-6-13-12(8-11)9-14(21-13)16(20)18-15-4-3-7-17(15,2)10-19/h5-6,8-9,15,19H,3-4,7,10H2,1-2H3,(H,18,20). The monoisotopic (exact) mass is 287 g/mol. The molecule has 112 valence electrons. The van der Waals surface area contributed by atoms with Gasteiger partial charge in [-0.2, -0.15) is 0 Å². The molecule has 4 heteroatoms. The summed E-state index contributed by atoms with van der Waals surface area (Å²) in [5.41, 5.74) is 1.64. The summed E-state index contributed by atoms with van der Waals surface area (Å²) in [5.74, 6) is 0.137. The summed E-state index contributed by atoms with van der Waals surface area (Å²) in [5, 5.41) is 13.5. The van der Waals surface area contributed by atoms with Crippen LogP contribution in [0.4, 0.5) is 0 Å². The van der Waals surface area contributed by atoms with Crippen molar-refractivity contribution in [2.75, 3.05) is 6.61 Å². The zero-order valence-electron chi connectivity index (χ0n) is 12.5. The summed E-state index contributed by atoms with van der Waals surface area (Å²) < 4.78 is 5.62. The molecule has 1 aliphatic carbocycles. The van der Waals surface area contributed by atoms with Crippen molar-refractivity contribution in [2.45, 2.75) is 39.2 Å². The van der Waals surface area contributed by atoms with Crippen LogP contribution < -0.4 is 5.32 Å². The van der Waals surface area contributed by atoms with Crippen molar-refractivity contribution in [3.05, 3.63) is 35.6 Å². The van der Waals surface area contributed by atoms with Gasteiger partial charge in [-0.3, -0.25) is 4.79 Å². The van der Waals surface area contributed by atoms with E-state index in [2.05, 4.69) is 5.32 Å². The van der Waals surface area contributed by atoms with E-state index in [4.69, 9.17) is 4.42 Å². The molecule has 0 radical (unpaired) electrons.